The van der Waals surface area contributed by atoms with Gasteiger partial charge in [0.1, 0.15) is 24.4 Å². The molecular formula is C18H14FN3O2. The Morgan fingerprint density at radius 2 is 1.79 bits per heavy atom. The highest BCUT2D eigenvalue weighted by Gasteiger charge is 2.12. The fraction of sp³-hybridized carbons (Fsp3) is 0.0556. The van der Waals surface area contributed by atoms with E-state index >= 15 is 0 Å². The molecule has 2 aromatic carbocycles. The summed E-state index contributed by atoms with van der Waals surface area (Å²) in [5, 5.41) is 2.47. The van der Waals surface area contributed by atoms with Gasteiger partial charge in [0.15, 0.2) is 0 Å². The van der Waals surface area contributed by atoms with Gasteiger partial charge in [0.25, 0.3) is 5.91 Å². The molecule has 1 aromatic heterocycles. The van der Waals surface area contributed by atoms with Crippen molar-refractivity contribution in [3.8, 4) is 5.88 Å². The Bertz CT molecular complexity index is 840. The summed E-state index contributed by atoms with van der Waals surface area (Å²) in [5.41, 5.74) is 1.16. The van der Waals surface area contributed by atoms with Gasteiger partial charge in [0.05, 0.1) is 5.69 Å². The molecule has 0 aliphatic heterocycles. The highest BCUT2D eigenvalue weighted by atomic mass is 19.1. The SMILES string of the molecule is O=C(Nc1ccccc1F)c1cc(OCc2ccccc2)ncn1. The van der Waals surface area contributed by atoms with Gasteiger partial charge in [0, 0.05) is 6.07 Å². The summed E-state index contributed by atoms with van der Waals surface area (Å²) in [6, 6.07) is 16.9. The van der Waals surface area contributed by atoms with Gasteiger partial charge in [-0.25, -0.2) is 14.4 Å². The van der Waals surface area contributed by atoms with Crippen molar-refractivity contribution >= 4 is 11.6 Å². The minimum Gasteiger partial charge on any atom is -0.473 e. The van der Waals surface area contributed by atoms with Gasteiger partial charge >= 0.3 is 0 Å². The number of hydrogen-bond donors (Lipinski definition) is 1. The summed E-state index contributed by atoms with van der Waals surface area (Å²) >= 11 is 0. The smallest absolute Gasteiger partial charge is 0.274 e. The lowest BCUT2D eigenvalue weighted by Gasteiger charge is -2.08. The molecule has 24 heavy (non-hydrogen) atoms. The van der Waals surface area contributed by atoms with Gasteiger partial charge in [0.2, 0.25) is 5.88 Å². The zero-order valence-corrected chi connectivity index (χ0v) is 12.6. The maximum absolute atomic E-state index is 13.6. The zero-order valence-electron chi connectivity index (χ0n) is 12.6. The minimum atomic E-state index is -0.535. The lowest BCUT2D eigenvalue weighted by atomic mass is 10.2. The van der Waals surface area contributed by atoms with Gasteiger partial charge < -0.3 is 10.1 Å². The standard InChI is InChI=1S/C18H14FN3O2/c19-14-8-4-5-9-15(14)22-18(23)16-10-17(21-12-20-16)24-11-13-6-2-1-3-7-13/h1-10,12H,11H2,(H,22,23). The Labute approximate surface area is 138 Å². The summed E-state index contributed by atoms with van der Waals surface area (Å²) in [6.45, 7) is 0.326. The van der Waals surface area contributed by atoms with E-state index < -0.39 is 11.7 Å². The Morgan fingerprint density at radius 1 is 1.04 bits per heavy atom. The Hall–Kier alpha value is -3.28. The molecule has 0 unspecified atom stereocenters. The number of carbonyl (C=O) groups excluding carboxylic acids is 1. The van der Waals surface area contributed by atoms with Gasteiger partial charge in [-0.3, -0.25) is 4.79 Å². The molecule has 6 heteroatoms. The fourth-order valence-corrected chi connectivity index (χ4v) is 2.02. The lowest BCUT2D eigenvalue weighted by molar-refractivity contribution is 0.102. The van der Waals surface area contributed by atoms with Gasteiger partial charge in [-0.05, 0) is 17.7 Å². The van der Waals surface area contributed by atoms with Gasteiger partial charge in [-0.1, -0.05) is 42.5 Å². The lowest BCUT2D eigenvalue weighted by Crippen LogP contribution is -2.15. The van der Waals surface area contributed by atoms with Crippen molar-refractivity contribution in [3.05, 3.63) is 84.1 Å². The van der Waals surface area contributed by atoms with Crippen LogP contribution >= 0.6 is 0 Å². The maximum atomic E-state index is 13.6. The molecule has 0 saturated heterocycles. The van der Waals surface area contributed by atoms with Crippen LogP contribution in [-0.4, -0.2) is 15.9 Å². The van der Waals surface area contributed by atoms with Crippen LogP contribution in [0.25, 0.3) is 0 Å². The number of amides is 1. The van der Waals surface area contributed by atoms with E-state index in [0.717, 1.165) is 5.56 Å². The molecule has 0 fully saturated rings. The minimum absolute atomic E-state index is 0.0906. The molecule has 3 rings (SSSR count). The van der Waals surface area contributed by atoms with Crippen LogP contribution in [0.5, 0.6) is 5.88 Å². The van der Waals surface area contributed by atoms with E-state index in [1.165, 1.54) is 24.5 Å². The third-order valence-electron chi connectivity index (χ3n) is 3.23. The zero-order chi connectivity index (χ0) is 16.8. The molecule has 0 aliphatic carbocycles. The number of para-hydroxylation sites is 1. The quantitative estimate of drug-likeness (QED) is 0.781. The molecule has 0 bridgehead atoms. The maximum Gasteiger partial charge on any atom is 0.274 e. The number of aromatic nitrogens is 2. The van der Waals surface area contributed by atoms with Crippen LogP contribution < -0.4 is 10.1 Å². The Morgan fingerprint density at radius 3 is 2.58 bits per heavy atom. The van der Waals surface area contributed by atoms with E-state index in [-0.39, 0.29) is 17.3 Å². The summed E-state index contributed by atoms with van der Waals surface area (Å²) in [4.78, 5) is 20.0. The number of carbonyl (C=O) groups is 1. The second kappa shape index (κ2) is 7.32. The predicted molar refractivity (Wildman–Crippen MR) is 87.2 cm³/mol. The number of benzene rings is 2. The van der Waals surface area contributed by atoms with E-state index in [2.05, 4.69) is 15.3 Å². The number of nitrogens with zero attached hydrogens (tertiary/aromatic N) is 2. The molecular weight excluding hydrogens is 309 g/mol. The molecule has 1 amide bonds. The molecule has 5 nitrogen and oxygen atoms in total. The first-order chi connectivity index (χ1) is 11.7. The normalized spacial score (nSPS) is 10.2. The van der Waals surface area contributed by atoms with Crippen molar-refractivity contribution in [1.82, 2.24) is 9.97 Å². The van der Waals surface area contributed by atoms with Crippen LogP contribution in [0.15, 0.2) is 67.0 Å². The first-order valence-electron chi connectivity index (χ1n) is 7.27. The molecule has 0 saturated carbocycles. The van der Waals surface area contributed by atoms with Crippen molar-refractivity contribution in [2.45, 2.75) is 6.61 Å². The van der Waals surface area contributed by atoms with E-state index in [0.29, 0.717) is 6.61 Å². The van der Waals surface area contributed by atoms with Crippen LogP contribution in [0.4, 0.5) is 10.1 Å². The van der Waals surface area contributed by atoms with E-state index in [9.17, 15) is 9.18 Å². The molecule has 1 N–H and O–H groups in total. The Balaban J connectivity index is 1.68. The summed E-state index contributed by atoms with van der Waals surface area (Å²) in [6.07, 6.45) is 1.23. The molecule has 0 spiro atoms. The van der Waals surface area contributed by atoms with Crippen molar-refractivity contribution in [3.63, 3.8) is 0 Å². The molecule has 120 valence electrons. The molecule has 0 radical (unpaired) electrons. The van der Waals surface area contributed by atoms with Gasteiger partial charge in [-0.15, -0.1) is 0 Å². The number of rotatable bonds is 5. The van der Waals surface area contributed by atoms with E-state index in [4.69, 9.17) is 4.74 Å². The van der Waals surface area contributed by atoms with Crippen molar-refractivity contribution in [2.75, 3.05) is 5.32 Å². The topological polar surface area (TPSA) is 64.1 Å². The number of nitrogens with one attached hydrogen (secondary N) is 1. The summed E-state index contributed by atoms with van der Waals surface area (Å²) in [7, 11) is 0. The van der Waals surface area contributed by atoms with Crippen LogP contribution in [-0.2, 0) is 6.61 Å². The van der Waals surface area contributed by atoms with Gasteiger partial charge in [-0.2, -0.15) is 0 Å². The third-order valence-corrected chi connectivity index (χ3v) is 3.23. The first-order valence-corrected chi connectivity index (χ1v) is 7.27. The number of hydrogen-bond acceptors (Lipinski definition) is 4. The average Bonchev–Trinajstić information content (AvgIpc) is 2.63. The average molecular weight is 323 g/mol. The monoisotopic (exact) mass is 323 g/mol. The van der Waals surface area contributed by atoms with Crippen LogP contribution in [0.1, 0.15) is 16.1 Å². The van der Waals surface area contributed by atoms with Crippen molar-refractivity contribution in [2.24, 2.45) is 0 Å². The molecule has 0 aliphatic rings. The third kappa shape index (κ3) is 3.92. The van der Waals surface area contributed by atoms with E-state index in [1.54, 1.807) is 12.1 Å². The summed E-state index contributed by atoms with van der Waals surface area (Å²) < 4.78 is 19.1. The largest absolute Gasteiger partial charge is 0.473 e. The van der Waals surface area contributed by atoms with Crippen LogP contribution in [0.3, 0.4) is 0 Å². The number of ether oxygens (including phenoxy) is 1. The number of anilines is 1. The highest BCUT2D eigenvalue weighted by molar-refractivity contribution is 6.03. The molecule has 1 heterocycles. The number of halogens is 1. The van der Waals surface area contributed by atoms with Crippen molar-refractivity contribution < 1.29 is 13.9 Å². The second-order valence-electron chi connectivity index (χ2n) is 4.95. The van der Waals surface area contributed by atoms with Crippen LogP contribution in [0, 0.1) is 5.82 Å². The highest BCUT2D eigenvalue weighted by Crippen LogP contribution is 2.15. The van der Waals surface area contributed by atoms with Crippen molar-refractivity contribution in [1.29, 1.82) is 0 Å². The second-order valence-corrected chi connectivity index (χ2v) is 4.95. The van der Waals surface area contributed by atoms with Crippen LogP contribution in [0.2, 0.25) is 0 Å². The summed E-state index contributed by atoms with van der Waals surface area (Å²) in [5.74, 6) is -0.778. The molecule has 3 aromatic rings. The predicted octanol–water partition coefficient (Wildman–Crippen LogP) is 3.45. The molecule has 0 atom stereocenters. The first kappa shape index (κ1) is 15.6. The fourth-order valence-electron chi connectivity index (χ4n) is 2.02. The Kier molecular flexibility index (Phi) is 4.76. The van der Waals surface area contributed by atoms with E-state index in [1.807, 2.05) is 30.3 Å².